The largest absolute Gasteiger partial charge is 0.455 e. The van der Waals surface area contributed by atoms with Crippen molar-refractivity contribution in [2.24, 2.45) is 0 Å². The third-order valence-corrected chi connectivity index (χ3v) is 5.75. The van der Waals surface area contributed by atoms with Crippen LogP contribution in [-0.2, 0) is 10.8 Å². The van der Waals surface area contributed by atoms with Crippen LogP contribution < -0.4 is 0 Å². The molecule has 0 bridgehead atoms. The van der Waals surface area contributed by atoms with Crippen LogP contribution in [0.25, 0.3) is 22.3 Å². The predicted molar refractivity (Wildman–Crippen MR) is 100 cm³/mol. The van der Waals surface area contributed by atoms with Crippen LogP contribution in [0.1, 0.15) is 0 Å². The molecule has 0 fully saturated rings. The molecule has 0 aliphatic carbocycles. The first kappa shape index (κ1) is 15.4. The van der Waals surface area contributed by atoms with Gasteiger partial charge in [-0.15, -0.1) is 0 Å². The SMILES string of the molecule is O=S(c1ccccc1)c1c(-c2ccccc2)oc2ccc(Br)cc12. The van der Waals surface area contributed by atoms with Crippen molar-refractivity contribution in [2.75, 3.05) is 0 Å². The summed E-state index contributed by atoms with van der Waals surface area (Å²) in [5.41, 5.74) is 1.65. The van der Waals surface area contributed by atoms with Crippen molar-refractivity contribution >= 4 is 37.7 Å². The van der Waals surface area contributed by atoms with E-state index in [2.05, 4.69) is 15.9 Å². The zero-order valence-corrected chi connectivity index (χ0v) is 15.0. The van der Waals surface area contributed by atoms with E-state index in [-0.39, 0.29) is 0 Å². The quantitative estimate of drug-likeness (QED) is 0.423. The average Bonchev–Trinajstić information content (AvgIpc) is 3.01. The van der Waals surface area contributed by atoms with Gasteiger partial charge in [0.2, 0.25) is 0 Å². The molecule has 4 rings (SSSR count). The van der Waals surface area contributed by atoms with E-state index in [0.717, 1.165) is 25.9 Å². The number of halogens is 1. The van der Waals surface area contributed by atoms with Crippen molar-refractivity contribution < 1.29 is 8.63 Å². The van der Waals surface area contributed by atoms with Crippen LogP contribution in [-0.4, -0.2) is 4.21 Å². The van der Waals surface area contributed by atoms with Crippen LogP contribution in [0, 0.1) is 0 Å². The number of furan rings is 1. The summed E-state index contributed by atoms with van der Waals surface area (Å²) in [6.45, 7) is 0. The van der Waals surface area contributed by atoms with E-state index in [0.29, 0.717) is 10.7 Å². The molecule has 118 valence electrons. The lowest BCUT2D eigenvalue weighted by molar-refractivity contribution is 0.622. The molecule has 4 aromatic rings. The first-order valence-corrected chi connectivity index (χ1v) is 9.42. The fourth-order valence-electron chi connectivity index (χ4n) is 2.67. The lowest BCUT2D eigenvalue weighted by Gasteiger charge is -2.04. The van der Waals surface area contributed by atoms with Gasteiger partial charge in [-0.25, -0.2) is 4.21 Å². The van der Waals surface area contributed by atoms with Crippen LogP contribution in [0.2, 0.25) is 0 Å². The molecule has 0 aliphatic heterocycles. The molecular weight excluding hydrogens is 384 g/mol. The fraction of sp³-hybridized carbons (Fsp3) is 0. The summed E-state index contributed by atoms with van der Waals surface area (Å²) in [6, 6.07) is 25.1. The summed E-state index contributed by atoms with van der Waals surface area (Å²) in [6.07, 6.45) is 0. The minimum atomic E-state index is -1.33. The van der Waals surface area contributed by atoms with Crippen molar-refractivity contribution in [1.29, 1.82) is 0 Å². The maximum absolute atomic E-state index is 13.3. The van der Waals surface area contributed by atoms with Crippen molar-refractivity contribution in [1.82, 2.24) is 0 Å². The first-order chi connectivity index (χ1) is 11.7. The van der Waals surface area contributed by atoms with Crippen LogP contribution >= 0.6 is 15.9 Å². The predicted octanol–water partition coefficient (Wildman–Crippen LogP) is 6.03. The lowest BCUT2D eigenvalue weighted by atomic mass is 10.1. The van der Waals surface area contributed by atoms with Gasteiger partial charge < -0.3 is 4.42 Å². The van der Waals surface area contributed by atoms with Gasteiger partial charge in [0.05, 0.1) is 15.7 Å². The summed E-state index contributed by atoms with van der Waals surface area (Å²) in [4.78, 5) is 1.47. The second-order valence-electron chi connectivity index (χ2n) is 5.35. The number of fused-ring (bicyclic) bond motifs is 1. The number of rotatable bonds is 3. The van der Waals surface area contributed by atoms with Gasteiger partial charge in [0.25, 0.3) is 0 Å². The summed E-state index contributed by atoms with van der Waals surface area (Å²) < 4.78 is 20.3. The van der Waals surface area contributed by atoms with E-state index in [4.69, 9.17) is 4.42 Å². The topological polar surface area (TPSA) is 30.2 Å². The molecule has 2 nitrogen and oxygen atoms in total. The van der Waals surface area contributed by atoms with Crippen LogP contribution in [0.5, 0.6) is 0 Å². The monoisotopic (exact) mass is 396 g/mol. The molecule has 1 aromatic heterocycles. The van der Waals surface area contributed by atoms with Crippen molar-refractivity contribution in [2.45, 2.75) is 9.79 Å². The van der Waals surface area contributed by atoms with Gasteiger partial charge in [0.15, 0.2) is 5.76 Å². The van der Waals surface area contributed by atoms with Gasteiger partial charge in [0.1, 0.15) is 5.58 Å². The Morgan fingerprint density at radius 2 is 1.50 bits per heavy atom. The zero-order valence-electron chi connectivity index (χ0n) is 12.6. The Hall–Kier alpha value is -2.17. The molecule has 1 atom stereocenters. The van der Waals surface area contributed by atoms with Gasteiger partial charge in [-0.2, -0.15) is 0 Å². The highest BCUT2D eigenvalue weighted by molar-refractivity contribution is 9.10. The highest BCUT2D eigenvalue weighted by atomic mass is 79.9. The Bertz CT molecular complexity index is 1020. The molecular formula is C20H13BrO2S. The molecule has 0 spiro atoms. The average molecular weight is 397 g/mol. The van der Waals surface area contributed by atoms with Crippen molar-refractivity contribution in [3.8, 4) is 11.3 Å². The summed E-state index contributed by atoms with van der Waals surface area (Å²) >= 11 is 3.50. The Balaban J connectivity index is 2.01. The maximum atomic E-state index is 13.3. The van der Waals surface area contributed by atoms with Crippen LogP contribution in [0.3, 0.4) is 0 Å². The zero-order chi connectivity index (χ0) is 16.5. The lowest BCUT2D eigenvalue weighted by Crippen LogP contribution is -1.93. The molecule has 0 N–H and O–H groups in total. The van der Waals surface area contributed by atoms with Crippen molar-refractivity contribution in [3.63, 3.8) is 0 Å². The molecule has 1 unspecified atom stereocenters. The highest BCUT2D eigenvalue weighted by Gasteiger charge is 2.22. The smallest absolute Gasteiger partial charge is 0.151 e. The molecule has 1 heterocycles. The number of hydrogen-bond donors (Lipinski definition) is 0. The number of hydrogen-bond acceptors (Lipinski definition) is 2. The first-order valence-electron chi connectivity index (χ1n) is 7.48. The molecule has 3 aromatic carbocycles. The Morgan fingerprint density at radius 3 is 2.21 bits per heavy atom. The standard InChI is InChI=1S/C20H13BrO2S/c21-15-11-12-18-17(13-15)20(24(22)16-9-5-2-6-10-16)19(23-18)14-7-3-1-4-8-14/h1-13H. The Kier molecular flexibility index (Phi) is 4.08. The summed E-state index contributed by atoms with van der Waals surface area (Å²) in [7, 11) is -1.33. The van der Waals surface area contributed by atoms with Gasteiger partial charge in [-0.3, -0.25) is 0 Å². The third-order valence-electron chi connectivity index (χ3n) is 3.78. The molecule has 0 saturated heterocycles. The van der Waals surface area contributed by atoms with Gasteiger partial charge in [0, 0.05) is 20.3 Å². The molecule has 0 aliphatic rings. The van der Waals surface area contributed by atoms with E-state index in [1.54, 1.807) is 0 Å². The van der Waals surface area contributed by atoms with Gasteiger partial charge >= 0.3 is 0 Å². The molecule has 0 saturated carbocycles. The second kappa shape index (κ2) is 6.38. The fourth-order valence-corrected chi connectivity index (χ4v) is 4.36. The van der Waals surface area contributed by atoms with E-state index in [1.807, 2.05) is 78.9 Å². The van der Waals surface area contributed by atoms with Crippen LogP contribution in [0.4, 0.5) is 0 Å². The van der Waals surface area contributed by atoms with E-state index in [1.165, 1.54) is 0 Å². The van der Waals surface area contributed by atoms with Gasteiger partial charge in [-0.1, -0.05) is 64.5 Å². The van der Waals surface area contributed by atoms with Gasteiger partial charge in [-0.05, 0) is 30.3 Å². The van der Waals surface area contributed by atoms with Crippen molar-refractivity contribution in [3.05, 3.63) is 83.3 Å². The Morgan fingerprint density at radius 1 is 0.833 bits per heavy atom. The molecule has 0 radical (unpaired) electrons. The van der Waals surface area contributed by atoms with Crippen LogP contribution in [0.15, 0.2) is 97.5 Å². The minimum absolute atomic E-state index is 0.658. The maximum Gasteiger partial charge on any atom is 0.151 e. The molecule has 24 heavy (non-hydrogen) atoms. The normalized spacial score (nSPS) is 12.4. The Labute approximate surface area is 150 Å². The van der Waals surface area contributed by atoms with E-state index >= 15 is 0 Å². The highest BCUT2D eigenvalue weighted by Crippen LogP contribution is 2.38. The summed E-state index contributed by atoms with van der Waals surface area (Å²) in [5, 5.41) is 0.866. The second-order valence-corrected chi connectivity index (χ2v) is 7.68. The number of benzene rings is 3. The molecule has 0 amide bonds. The third kappa shape index (κ3) is 2.72. The summed E-state index contributed by atoms with van der Waals surface area (Å²) in [5.74, 6) is 0.658. The minimum Gasteiger partial charge on any atom is -0.455 e. The molecule has 4 heteroatoms. The van der Waals surface area contributed by atoms with E-state index < -0.39 is 10.8 Å². The van der Waals surface area contributed by atoms with E-state index in [9.17, 15) is 4.21 Å².